The van der Waals surface area contributed by atoms with Crippen molar-refractivity contribution in [2.75, 3.05) is 7.11 Å². The molecule has 0 atom stereocenters. The normalized spacial score (nSPS) is 10.5. The number of nitrogens with zero attached hydrogens (tertiary/aromatic N) is 2. The summed E-state index contributed by atoms with van der Waals surface area (Å²) in [5.41, 5.74) is 1.18. The largest absolute Gasteiger partial charge is 0.497 e. The van der Waals surface area contributed by atoms with Gasteiger partial charge in [0.2, 0.25) is 0 Å². The molecule has 19 heavy (non-hydrogen) atoms. The van der Waals surface area contributed by atoms with E-state index in [1.165, 1.54) is 10.8 Å². The molecule has 0 aliphatic rings. The number of rotatable bonds is 3. The van der Waals surface area contributed by atoms with Gasteiger partial charge in [0, 0.05) is 29.6 Å². The first-order chi connectivity index (χ1) is 8.99. The fraction of sp³-hybridized carbons (Fsp3) is 0.308. The SMILES string of the molecule is COc1cc(C)nc(Cn2cc(C)c(=O)[nH]c2=O)c1. The zero-order chi connectivity index (χ0) is 14.0. The fourth-order valence-corrected chi connectivity index (χ4v) is 1.81. The van der Waals surface area contributed by atoms with E-state index in [4.69, 9.17) is 4.74 Å². The average molecular weight is 261 g/mol. The van der Waals surface area contributed by atoms with Gasteiger partial charge in [0.25, 0.3) is 5.56 Å². The van der Waals surface area contributed by atoms with Crippen LogP contribution in [0.3, 0.4) is 0 Å². The molecule has 1 N–H and O–H groups in total. The van der Waals surface area contributed by atoms with Crippen molar-refractivity contribution in [3.63, 3.8) is 0 Å². The van der Waals surface area contributed by atoms with Gasteiger partial charge in [0.15, 0.2) is 0 Å². The number of H-pyrrole nitrogens is 1. The van der Waals surface area contributed by atoms with Crippen LogP contribution in [0.15, 0.2) is 27.9 Å². The highest BCUT2D eigenvalue weighted by molar-refractivity contribution is 5.26. The molecule has 2 rings (SSSR count). The molecule has 0 saturated heterocycles. The number of ether oxygens (including phenoxy) is 1. The van der Waals surface area contributed by atoms with E-state index in [1.807, 2.05) is 13.0 Å². The van der Waals surface area contributed by atoms with Crippen molar-refractivity contribution in [2.24, 2.45) is 0 Å². The molecular formula is C13H15N3O3. The lowest BCUT2D eigenvalue weighted by Crippen LogP contribution is -2.31. The second kappa shape index (κ2) is 5.09. The van der Waals surface area contributed by atoms with Crippen molar-refractivity contribution < 1.29 is 4.74 Å². The van der Waals surface area contributed by atoms with E-state index < -0.39 is 5.69 Å². The van der Waals surface area contributed by atoms with Crippen LogP contribution in [0.4, 0.5) is 0 Å². The number of aromatic amines is 1. The molecule has 2 aromatic rings. The number of hydrogen-bond donors (Lipinski definition) is 1. The molecule has 0 amide bonds. The predicted octanol–water partition coefficient (Wildman–Crippen LogP) is 0.605. The molecule has 0 saturated carbocycles. The van der Waals surface area contributed by atoms with E-state index in [-0.39, 0.29) is 12.1 Å². The molecule has 0 spiro atoms. The number of aromatic nitrogens is 3. The van der Waals surface area contributed by atoms with E-state index >= 15 is 0 Å². The van der Waals surface area contributed by atoms with E-state index in [0.717, 1.165) is 5.69 Å². The van der Waals surface area contributed by atoms with Crippen molar-refractivity contribution in [3.05, 3.63) is 56.1 Å². The highest BCUT2D eigenvalue weighted by Gasteiger charge is 2.05. The lowest BCUT2D eigenvalue weighted by molar-refractivity contribution is 0.412. The quantitative estimate of drug-likeness (QED) is 0.878. The summed E-state index contributed by atoms with van der Waals surface area (Å²) in [5.74, 6) is 0.691. The van der Waals surface area contributed by atoms with Gasteiger partial charge in [-0.2, -0.15) is 0 Å². The van der Waals surface area contributed by atoms with Gasteiger partial charge in [-0.25, -0.2) is 4.79 Å². The predicted molar refractivity (Wildman–Crippen MR) is 70.7 cm³/mol. The first-order valence-electron chi connectivity index (χ1n) is 5.81. The maximum absolute atomic E-state index is 11.7. The summed E-state index contributed by atoms with van der Waals surface area (Å²) in [4.78, 5) is 29.6. The van der Waals surface area contributed by atoms with Gasteiger partial charge in [-0.15, -0.1) is 0 Å². The average Bonchev–Trinajstić information content (AvgIpc) is 2.35. The van der Waals surface area contributed by atoms with Crippen molar-refractivity contribution in [1.82, 2.24) is 14.5 Å². The van der Waals surface area contributed by atoms with Crippen LogP contribution in [0.2, 0.25) is 0 Å². The van der Waals surface area contributed by atoms with Gasteiger partial charge < -0.3 is 4.74 Å². The number of nitrogens with one attached hydrogen (secondary N) is 1. The van der Waals surface area contributed by atoms with Crippen LogP contribution in [0.25, 0.3) is 0 Å². The second-order valence-electron chi connectivity index (χ2n) is 4.34. The lowest BCUT2D eigenvalue weighted by Gasteiger charge is -2.08. The number of pyridine rings is 1. The summed E-state index contributed by atoms with van der Waals surface area (Å²) < 4.78 is 6.58. The minimum atomic E-state index is -0.446. The minimum Gasteiger partial charge on any atom is -0.497 e. The zero-order valence-corrected chi connectivity index (χ0v) is 11.1. The van der Waals surface area contributed by atoms with Crippen molar-refractivity contribution >= 4 is 0 Å². The number of hydrogen-bond acceptors (Lipinski definition) is 4. The van der Waals surface area contributed by atoms with Crippen LogP contribution in [0.5, 0.6) is 5.75 Å². The summed E-state index contributed by atoms with van der Waals surface area (Å²) in [6, 6.07) is 3.57. The minimum absolute atomic E-state index is 0.286. The van der Waals surface area contributed by atoms with E-state index in [1.54, 1.807) is 20.1 Å². The highest BCUT2D eigenvalue weighted by Crippen LogP contribution is 2.13. The van der Waals surface area contributed by atoms with Gasteiger partial charge in [-0.1, -0.05) is 0 Å². The van der Waals surface area contributed by atoms with Gasteiger partial charge in [-0.3, -0.25) is 19.3 Å². The Morgan fingerprint density at radius 2 is 2.05 bits per heavy atom. The Kier molecular flexibility index (Phi) is 3.50. The molecular weight excluding hydrogens is 246 g/mol. The topological polar surface area (TPSA) is 77.0 Å². The molecule has 0 aliphatic heterocycles. The van der Waals surface area contributed by atoms with Crippen molar-refractivity contribution in [1.29, 1.82) is 0 Å². The molecule has 0 radical (unpaired) electrons. The van der Waals surface area contributed by atoms with E-state index in [2.05, 4.69) is 9.97 Å². The standard InChI is InChI=1S/C13H15N3O3/c1-8-6-16(13(18)15-12(8)17)7-10-5-11(19-3)4-9(2)14-10/h4-6H,7H2,1-3H3,(H,15,17,18). The maximum Gasteiger partial charge on any atom is 0.328 e. The maximum atomic E-state index is 11.7. The summed E-state index contributed by atoms with van der Waals surface area (Å²) in [7, 11) is 1.58. The summed E-state index contributed by atoms with van der Waals surface area (Å²) in [6.07, 6.45) is 1.53. The summed E-state index contributed by atoms with van der Waals surface area (Å²) in [6.45, 7) is 3.79. The third kappa shape index (κ3) is 2.90. The van der Waals surface area contributed by atoms with Crippen LogP contribution in [-0.4, -0.2) is 21.6 Å². The third-order valence-corrected chi connectivity index (χ3v) is 2.74. The molecule has 2 aromatic heterocycles. The van der Waals surface area contributed by atoms with E-state index in [0.29, 0.717) is 17.0 Å². The molecule has 0 bridgehead atoms. The van der Waals surface area contributed by atoms with Crippen LogP contribution >= 0.6 is 0 Å². The molecule has 6 heteroatoms. The molecule has 0 fully saturated rings. The van der Waals surface area contributed by atoms with Crippen LogP contribution < -0.4 is 16.0 Å². The monoisotopic (exact) mass is 261 g/mol. The first kappa shape index (κ1) is 13.1. The smallest absolute Gasteiger partial charge is 0.328 e. The molecule has 0 aromatic carbocycles. The number of methoxy groups -OCH3 is 1. The van der Waals surface area contributed by atoms with Crippen LogP contribution in [-0.2, 0) is 6.54 Å². The van der Waals surface area contributed by atoms with Crippen LogP contribution in [0.1, 0.15) is 17.0 Å². The van der Waals surface area contributed by atoms with Gasteiger partial charge >= 0.3 is 5.69 Å². The molecule has 0 aliphatic carbocycles. The second-order valence-corrected chi connectivity index (χ2v) is 4.34. The van der Waals surface area contributed by atoms with Crippen molar-refractivity contribution in [2.45, 2.75) is 20.4 Å². The first-order valence-corrected chi connectivity index (χ1v) is 5.81. The molecule has 0 unspecified atom stereocenters. The Balaban J connectivity index is 2.41. The molecule has 2 heterocycles. The Bertz CT molecular complexity index is 716. The van der Waals surface area contributed by atoms with Gasteiger partial charge in [0.1, 0.15) is 5.75 Å². The highest BCUT2D eigenvalue weighted by atomic mass is 16.5. The Labute approximate surface area is 109 Å². The Morgan fingerprint density at radius 3 is 2.74 bits per heavy atom. The van der Waals surface area contributed by atoms with Crippen LogP contribution in [0, 0.1) is 13.8 Å². The Morgan fingerprint density at radius 1 is 1.32 bits per heavy atom. The molecule has 100 valence electrons. The van der Waals surface area contributed by atoms with E-state index in [9.17, 15) is 9.59 Å². The fourth-order valence-electron chi connectivity index (χ4n) is 1.81. The summed E-state index contributed by atoms with van der Waals surface area (Å²) >= 11 is 0. The Hall–Kier alpha value is -2.37. The number of aryl methyl sites for hydroxylation is 2. The van der Waals surface area contributed by atoms with Gasteiger partial charge in [-0.05, 0) is 13.8 Å². The van der Waals surface area contributed by atoms with Crippen molar-refractivity contribution in [3.8, 4) is 5.75 Å². The zero-order valence-electron chi connectivity index (χ0n) is 11.1. The third-order valence-electron chi connectivity index (χ3n) is 2.74. The summed E-state index contributed by atoms with van der Waals surface area (Å²) in [5, 5.41) is 0. The lowest BCUT2D eigenvalue weighted by atomic mass is 10.3. The van der Waals surface area contributed by atoms with Gasteiger partial charge in [0.05, 0.1) is 19.3 Å². The molecule has 6 nitrogen and oxygen atoms in total.